The molecule has 2 rings (SSSR count). The Balaban J connectivity index is 2.92. The maximum absolute atomic E-state index is 13.2. The first-order chi connectivity index (χ1) is 5.68. The molecule has 4 heteroatoms. The van der Waals surface area contributed by atoms with Crippen molar-refractivity contribution in [3.63, 3.8) is 0 Å². The normalized spacial score (nSPS) is 10.8. The van der Waals surface area contributed by atoms with Gasteiger partial charge in [0.2, 0.25) is 0 Å². The van der Waals surface area contributed by atoms with E-state index in [-0.39, 0.29) is 5.82 Å². The third-order valence-corrected chi connectivity index (χ3v) is 3.18. The fourth-order valence-electron chi connectivity index (χ4n) is 1.10. The van der Waals surface area contributed by atoms with Crippen molar-refractivity contribution >= 4 is 39.7 Å². The molecule has 0 spiro atoms. The molecule has 0 saturated carbocycles. The molecule has 1 nitrogen and oxygen atoms in total. The van der Waals surface area contributed by atoms with E-state index in [9.17, 15) is 4.39 Å². The summed E-state index contributed by atoms with van der Waals surface area (Å²) in [4.78, 5) is 0.779. The summed E-state index contributed by atoms with van der Waals surface area (Å²) in [7, 11) is 0. The van der Waals surface area contributed by atoms with Crippen LogP contribution in [0.5, 0.6) is 0 Å². The third-order valence-electron chi connectivity index (χ3n) is 1.63. The SMILES string of the molecule is Nc1cc(F)c2scc(S)c2c1. The van der Waals surface area contributed by atoms with E-state index in [2.05, 4.69) is 12.6 Å². The lowest BCUT2D eigenvalue weighted by molar-refractivity contribution is 0.642. The summed E-state index contributed by atoms with van der Waals surface area (Å²) in [6, 6.07) is 3.06. The molecular formula is C8H6FNS2. The zero-order chi connectivity index (χ0) is 8.72. The average Bonchev–Trinajstić information content (AvgIpc) is 2.33. The van der Waals surface area contributed by atoms with Crippen molar-refractivity contribution in [1.82, 2.24) is 0 Å². The Morgan fingerprint density at radius 1 is 1.42 bits per heavy atom. The van der Waals surface area contributed by atoms with Gasteiger partial charge in [-0.1, -0.05) is 0 Å². The van der Waals surface area contributed by atoms with Gasteiger partial charge in [0.1, 0.15) is 5.82 Å². The predicted octanol–water partition coefficient (Wildman–Crippen LogP) is 2.91. The topological polar surface area (TPSA) is 26.0 Å². The van der Waals surface area contributed by atoms with Gasteiger partial charge in [0.15, 0.2) is 0 Å². The van der Waals surface area contributed by atoms with E-state index in [0.717, 1.165) is 10.3 Å². The second-order valence-corrected chi connectivity index (χ2v) is 3.86. The molecule has 0 amide bonds. The lowest BCUT2D eigenvalue weighted by atomic mass is 10.2. The van der Waals surface area contributed by atoms with E-state index in [1.54, 1.807) is 11.4 Å². The van der Waals surface area contributed by atoms with Gasteiger partial charge in [-0.25, -0.2) is 4.39 Å². The summed E-state index contributed by atoms with van der Waals surface area (Å²) in [5.74, 6) is -0.268. The van der Waals surface area contributed by atoms with Crippen LogP contribution in [0.1, 0.15) is 0 Å². The van der Waals surface area contributed by atoms with E-state index < -0.39 is 0 Å². The Bertz CT molecular complexity index is 436. The summed E-state index contributed by atoms with van der Waals surface area (Å²) < 4.78 is 13.8. The Morgan fingerprint density at radius 3 is 2.92 bits per heavy atom. The van der Waals surface area contributed by atoms with Crippen LogP contribution >= 0.6 is 24.0 Å². The van der Waals surface area contributed by atoms with Gasteiger partial charge in [0.05, 0.1) is 4.70 Å². The molecule has 1 heterocycles. The second-order valence-electron chi connectivity index (χ2n) is 2.50. The highest BCUT2D eigenvalue weighted by molar-refractivity contribution is 7.80. The highest BCUT2D eigenvalue weighted by Gasteiger charge is 2.06. The number of halogens is 1. The van der Waals surface area contributed by atoms with Crippen molar-refractivity contribution in [2.45, 2.75) is 4.90 Å². The average molecular weight is 199 g/mol. The highest BCUT2D eigenvalue weighted by Crippen LogP contribution is 2.32. The van der Waals surface area contributed by atoms with E-state index in [0.29, 0.717) is 10.4 Å². The monoisotopic (exact) mass is 199 g/mol. The first-order valence-corrected chi connectivity index (χ1v) is 4.66. The van der Waals surface area contributed by atoms with Gasteiger partial charge in [-0.2, -0.15) is 0 Å². The van der Waals surface area contributed by atoms with Crippen molar-refractivity contribution in [1.29, 1.82) is 0 Å². The van der Waals surface area contributed by atoms with E-state index in [4.69, 9.17) is 5.73 Å². The number of thiophene rings is 1. The van der Waals surface area contributed by atoms with Crippen LogP contribution in [0.2, 0.25) is 0 Å². The van der Waals surface area contributed by atoms with Crippen LogP contribution in [0.4, 0.5) is 10.1 Å². The number of nitrogen functional groups attached to an aromatic ring is 1. The van der Waals surface area contributed by atoms with Gasteiger partial charge >= 0.3 is 0 Å². The minimum absolute atomic E-state index is 0.268. The minimum atomic E-state index is -0.268. The number of hydrogen-bond donors (Lipinski definition) is 2. The number of thiol groups is 1. The number of rotatable bonds is 0. The molecule has 2 aromatic rings. The van der Waals surface area contributed by atoms with Crippen molar-refractivity contribution in [2.24, 2.45) is 0 Å². The van der Waals surface area contributed by atoms with Crippen LogP contribution in [-0.4, -0.2) is 0 Å². The number of anilines is 1. The molecule has 0 aliphatic rings. The molecule has 0 unspecified atom stereocenters. The Hall–Kier alpha value is -0.740. The molecule has 0 atom stereocenters. The first-order valence-electron chi connectivity index (χ1n) is 3.33. The van der Waals surface area contributed by atoms with Crippen molar-refractivity contribution in [3.8, 4) is 0 Å². The molecule has 1 aromatic heterocycles. The summed E-state index contributed by atoms with van der Waals surface area (Å²) in [5.41, 5.74) is 5.92. The van der Waals surface area contributed by atoms with Gasteiger partial charge in [-0.05, 0) is 12.1 Å². The van der Waals surface area contributed by atoms with Gasteiger partial charge in [-0.3, -0.25) is 0 Å². The smallest absolute Gasteiger partial charge is 0.143 e. The first kappa shape index (κ1) is 7.89. The number of fused-ring (bicyclic) bond motifs is 1. The standard InChI is InChI=1S/C8H6FNS2/c9-6-2-4(10)1-5-7(11)3-12-8(5)6/h1-3,11H,10H2. The minimum Gasteiger partial charge on any atom is -0.399 e. The molecule has 0 aliphatic carbocycles. The van der Waals surface area contributed by atoms with Gasteiger partial charge in [0, 0.05) is 21.3 Å². The summed E-state index contributed by atoms with van der Waals surface area (Å²) in [6.45, 7) is 0. The van der Waals surface area contributed by atoms with Crippen LogP contribution in [0.15, 0.2) is 22.4 Å². The Kier molecular flexibility index (Phi) is 1.73. The second kappa shape index (κ2) is 2.64. The van der Waals surface area contributed by atoms with Gasteiger partial charge < -0.3 is 5.73 Å². The van der Waals surface area contributed by atoms with E-state index in [1.807, 2.05) is 0 Å². The molecule has 2 N–H and O–H groups in total. The molecule has 0 bridgehead atoms. The number of nitrogens with two attached hydrogens (primary N) is 1. The molecule has 0 aliphatic heterocycles. The number of benzene rings is 1. The maximum Gasteiger partial charge on any atom is 0.143 e. The van der Waals surface area contributed by atoms with Crippen LogP contribution in [0.3, 0.4) is 0 Å². The zero-order valence-electron chi connectivity index (χ0n) is 6.04. The molecule has 12 heavy (non-hydrogen) atoms. The molecule has 0 radical (unpaired) electrons. The molecule has 1 aromatic carbocycles. The van der Waals surface area contributed by atoms with E-state index >= 15 is 0 Å². The fourth-order valence-corrected chi connectivity index (χ4v) is 2.34. The van der Waals surface area contributed by atoms with Crippen LogP contribution in [0, 0.1) is 5.82 Å². The summed E-state index contributed by atoms with van der Waals surface area (Å²) in [6.07, 6.45) is 0. The quantitative estimate of drug-likeness (QED) is 0.495. The molecular weight excluding hydrogens is 193 g/mol. The molecule has 62 valence electrons. The third kappa shape index (κ3) is 1.07. The number of hydrogen-bond acceptors (Lipinski definition) is 3. The fraction of sp³-hybridized carbons (Fsp3) is 0. The van der Waals surface area contributed by atoms with Crippen molar-refractivity contribution in [3.05, 3.63) is 23.3 Å². The predicted molar refractivity (Wildman–Crippen MR) is 53.4 cm³/mol. The van der Waals surface area contributed by atoms with Gasteiger partial charge in [-0.15, -0.1) is 24.0 Å². The largest absolute Gasteiger partial charge is 0.399 e. The lowest BCUT2D eigenvalue weighted by Gasteiger charge is -1.95. The maximum atomic E-state index is 13.2. The Morgan fingerprint density at radius 2 is 2.17 bits per heavy atom. The van der Waals surface area contributed by atoms with Crippen molar-refractivity contribution < 1.29 is 4.39 Å². The van der Waals surface area contributed by atoms with E-state index in [1.165, 1.54) is 17.4 Å². The molecule has 0 saturated heterocycles. The highest BCUT2D eigenvalue weighted by atomic mass is 32.1. The Labute approximate surface area is 78.4 Å². The van der Waals surface area contributed by atoms with Crippen LogP contribution in [-0.2, 0) is 0 Å². The van der Waals surface area contributed by atoms with Gasteiger partial charge in [0.25, 0.3) is 0 Å². The lowest BCUT2D eigenvalue weighted by Crippen LogP contribution is -1.85. The van der Waals surface area contributed by atoms with Crippen LogP contribution < -0.4 is 5.73 Å². The molecule has 0 fully saturated rings. The van der Waals surface area contributed by atoms with Crippen LogP contribution in [0.25, 0.3) is 10.1 Å². The van der Waals surface area contributed by atoms with Crippen molar-refractivity contribution in [2.75, 3.05) is 5.73 Å². The summed E-state index contributed by atoms with van der Waals surface area (Å²) in [5, 5.41) is 2.59. The zero-order valence-corrected chi connectivity index (χ0v) is 7.75. The summed E-state index contributed by atoms with van der Waals surface area (Å²) >= 11 is 5.53.